The molecule has 0 amide bonds. The molecule has 0 unspecified atom stereocenters. The molecule has 1 heterocycles. The lowest BCUT2D eigenvalue weighted by Crippen LogP contribution is -2.03. The van der Waals surface area contributed by atoms with Gasteiger partial charge in [-0.1, -0.05) is 6.07 Å². The lowest BCUT2D eigenvalue weighted by Gasteiger charge is -2.09. The van der Waals surface area contributed by atoms with E-state index in [0.29, 0.717) is 11.5 Å². The van der Waals surface area contributed by atoms with Gasteiger partial charge in [-0.25, -0.2) is 4.79 Å². The Hall–Kier alpha value is -2.56. The maximum atomic E-state index is 10.9. The minimum absolute atomic E-state index is 0.0198. The van der Waals surface area contributed by atoms with Gasteiger partial charge >= 0.3 is 5.97 Å². The Morgan fingerprint density at radius 1 is 1.29 bits per heavy atom. The molecule has 17 heavy (non-hydrogen) atoms. The van der Waals surface area contributed by atoms with Crippen LogP contribution in [0, 0.1) is 0 Å². The van der Waals surface area contributed by atoms with E-state index in [0.717, 1.165) is 0 Å². The number of carboxylic acids is 1. The van der Waals surface area contributed by atoms with E-state index in [4.69, 9.17) is 15.6 Å². The van der Waals surface area contributed by atoms with Crippen molar-refractivity contribution in [3.63, 3.8) is 0 Å². The molecular formula is C12H10N2O3. The van der Waals surface area contributed by atoms with E-state index in [1.807, 2.05) is 0 Å². The molecular weight excluding hydrogens is 220 g/mol. The van der Waals surface area contributed by atoms with Crippen molar-refractivity contribution in [2.45, 2.75) is 0 Å². The summed E-state index contributed by atoms with van der Waals surface area (Å²) in [5.41, 5.74) is 5.83. The van der Waals surface area contributed by atoms with Crippen LogP contribution in [0.25, 0.3) is 0 Å². The second-order valence-corrected chi connectivity index (χ2v) is 3.31. The summed E-state index contributed by atoms with van der Waals surface area (Å²) in [5.74, 6) is -0.279. The zero-order chi connectivity index (χ0) is 12.3. The SMILES string of the molecule is Nc1c(Oc2cccnc2)cccc1C(=O)O. The lowest BCUT2D eigenvalue weighted by molar-refractivity contribution is 0.0698. The average molecular weight is 230 g/mol. The number of pyridine rings is 1. The van der Waals surface area contributed by atoms with Gasteiger partial charge in [0.2, 0.25) is 0 Å². The summed E-state index contributed by atoms with van der Waals surface area (Å²) >= 11 is 0. The minimum atomic E-state index is -1.08. The third kappa shape index (κ3) is 2.34. The summed E-state index contributed by atoms with van der Waals surface area (Å²) < 4.78 is 5.45. The molecule has 0 saturated heterocycles. The number of aromatic carboxylic acids is 1. The van der Waals surface area contributed by atoms with Gasteiger partial charge in [-0.15, -0.1) is 0 Å². The quantitative estimate of drug-likeness (QED) is 0.789. The molecule has 1 aromatic heterocycles. The smallest absolute Gasteiger partial charge is 0.337 e. The van der Waals surface area contributed by atoms with Crippen LogP contribution in [0.4, 0.5) is 5.69 Å². The van der Waals surface area contributed by atoms with E-state index in [1.54, 1.807) is 30.5 Å². The van der Waals surface area contributed by atoms with Crippen molar-refractivity contribution in [2.24, 2.45) is 0 Å². The normalized spacial score (nSPS) is 9.88. The first-order chi connectivity index (χ1) is 8.18. The van der Waals surface area contributed by atoms with Gasteiger partial charge in [-0.2, -0.15) is 0 Å². The summed E-state index contributed by atoms with van der Waals surface area (Å²) in [5, 5.41) is 8.91. The van der Waals surface area contributed by atoms with E-state index < -0.39 is 5.97 Å². The molecule has 0 radical (unpaired) electrons. The van der Waals surface area contributed by atoms with Gasteiger partial charge in [0.15, 0.2) is 5.75 Å². The Balaban J connectivity index is 2.34. The molecule has 0 aliphatic carbocycles. The number of ether oxygens (including phenoxy) is 1. The van der Waals surface area contributed by atoms with Crippen LogP contribution in [0.15, 0.2) is 42.7 Å². The van der Waals surface area contributed by atoms with Gasteiger partial charge < -0.3 is 15.6 Å². The number of rotatable bonds is 3. The van der Waals surface area contributed by atoms with Crippen molar-refractivity contribution in [3.8, 4) is 11.5 Å². The fourth-order valence-corrected chi connectivity index (χ4v) is 1.35. The van der Waals surface area contributed by atoms with Crippen LogP contribution in [-0.4, -0.2) is 16.1 Å². The van der Waals surface area contributed by atoms with Crippen molar-refractivity contribution in [1.29, 1.82) is 0 Å². The van der Waals surface area contributed by atoms with Gasteiger partial charge in [0.05, 0.1) is 17.4 Å². The van der Waals surface area contributed by atoms with Crippen LogP contribution in [0.1, 0.15) is 10.4 Å². The fraction of sp³-hybridized carbons (Fsp3) is 0. The van der Waals surface area contributed by atoms with Crippen LogP contribution >= 0.6 is 0 Å². The molecule has 0 aliphatic heterocycles. The fourth-order valence-electron chi connectivity index (χ4n) is 1.35. The zero-order valence-corrected chi connectivity index (χ0v) is 8.83. The summed E-state index contributed by atoms with van der Waals surface area (Å²) in [6.07, 6.45) is 3.14. The number of carbonyl (C=O) groups is 1. The number of para-hydroxylation sites is 1. The van der Waals surface area contributed by atoms with Gasteiger partial charge in [0, 0.05) is 6.20 Å². The maximum Gasteiger partial charge on any atom is 0.337 e. The average Bonchev–Trinajstić information content (AvgIpc) is 2.33. The van der Waals surface area contributed by atoms with Crippen LogP contribution in [0.3, 0.4) is 0 Å². The highest BCUT2D eigenvalue weighted by Crippen LogP contribution is 2.29. The molecule has 3 N–H and O–H groups in total. The second-order valence-electron chi connectivity index (χ2n) is 3.31. The maximum absolute atomic E-state index is 10.9. The number of nitrogen functional groups attached to an aromatic ring is 1. The Morgan fingerprint density at radius 3 is 2.76 bits per heavy atom. The molecule has 0 spiro atoms. The Kier molecular flexibility index (Phi) is 2.91. The van der Waals surface area contributed by atoms with Crippen molar-refractivity contribution in [3.05, 3.63) is 48.3 Å². The molecule has 0 saturated carbocycles. The van der Waals surface area contributed by atoms with E-state index in [1.165, 1.54) is 12.3 Å². The molecule has 0 fully saturated rings. The summed E-state index contributed by atoms with van der Waals surface area (Å²) in [6, 6.07) is 8.03. The van der Waals surface area contributed by atoms with Gasteiger partial charge in [-0.05, 0) is 24.3 Å². The Morgan fingerprint density at radius 2 is 2.12 bits per heavy atom. The molecule has 0 atom stereocenters. The molecule has 2 aromatic rings. The lowest BCUT2D eigenvalue weighted by atomic mass is 10.1. The minimum Gasteiger partial charge on any atom is -0.478 e. The van der Waals surface area contributed by atoms with Gasteiger partial charge in [0.25, 0.3) is 0 Å². The van der Waals surface area contributed by atoms with Crippen LogP contribution < -0.4 is 10.5 Å². The van der Waals surface area contributed by atoms with Gasteiger partial charge in [-0.3, -0.25) is 4.98 Å². The van der Waals surface area contributed by atoms with Crippen molar-refractivity contribution in [2.75, 3.05) is 5.73 Å². The number of nitrogens with zero attached hydrogens (tertiary/aromatic N) is 1. The molecule has 5 nitrogen and oxygen atoms in total. The molecule has 5 heteroatoms. The van der Waals surface area contributed by atoms with E-state index in [2.05, 4.69) is 4.98 Å². The molecule has 0 aliphatic rings. The number of anilines is 1. The first kappa shape index (κ1) is 10.9. The van der Waals surface area contributed by atoms with Crippen molar-refractivity contribution in [1.82, 2.24) is 4.98 Å². The number of nitrogens with two attached hydrogens (primary N) is 1. The standard InChI is InChI=1S/C12H10N2O3/c13-11-9(12(15)16)4-1-5-10(11)17-8-3-2-6-14-7-8/h1-7H,13H2,(H,15,16). The highest BCUT2D eigenvalue weighted by molar-refractivity contribution is 5.95. The number of carboxylic acid groups (broad SMARTS) is 1. The summed E-state index contributed by atoms with van der Waals surface area (Å²) in [7, 11) is 0. The van der Waals surface area contributed by atoms with Crippen molar-refractivity contribution < 1.29 is 14.6 Å². The molecule has 0 bridgehead atoms. The highest BCUT2D eigenvalue weighted by atomic mass is 16.5. The Bertz CT molecular complexity index is 541. The first-order valence-electron chi connectivity index (χ1n) is 4.88. The Labute approximate surface area is 97.5 Å². The topological polar surface area (TPSA) is 85.4 Å². The van der Waals surface area contributed by atoms with Gasteiger partial charge in [0.1, 0.15) is 5.75 Å². The summed E-state index contributed by atoms with van der Waals surface area (Å²) in [6.45, 7) is 0. The monoisotopic (exact) mass is 230 g/mol. The molecule has 1 aromatic carbocycles. The number of hydrogen-bond acceptors (Lipinski definition) is 4. The number of aromatic nitrogens is 1. The third-order valence-corrected chi connectivity index (χ3v) is 2.16. The zero-order valence-electron chi connectivity index (χ0n) is 8.83. The second kappa shape index (κ2) is 4.52. The predicted octanol–water partition coefficient (Wildman–Crippen LogP) is 2.15. The first-order valence-corrected chi connectivity index (χ1v) is 4.88. The van der Waals surface area contributed by atoms with Crippen LogP contribution in [0.2, 0.25) is 0 Å². The van der Waals surface area contributed by atoms with Crippen molar-refractivity contribution >= 4 is 11.7 Å². The van der Waals surface area contributed by atoms with Crippen LogP contribution in [-0.2, 0) is 0 Å². The van der Waals surface area contributed by atoms with E-state index >= 15 is 0 Å². The molecule has 86 valence electrons. The number of hydrogen-bond donors (Lipinski definition) is 2. The summed E-state index contributed by atoms with van der Waals surface area (Å²) in [4.78, 5) is 14.8. The largest absolute Gasteiger partial charge is 0.478 e. The number of benzene rings is 1. The van der Waals surface area contributed by atoms with E-state index in [-0.39, 0.29) is 11.3 Å². The van der Waals surface area contributed by atoms with Crippen LogP contribution in [0.5, 0.6) is 11.5 Å². The molecule has 2 rings (SSSR count). The third-order valence-electron chi connectivity index (χ3n) is 2.16. The highest BCUT2D eigenvalue weighted by Gasteiger charge is 2.12. The predicted molar refractivity (Wildman–Crippen MR) is 62.1 cm³/mol. The van der Waals surface area contributed by atoms with E-state index in [9.17, 15) is 4.79 Å².